The van der Waals surface area contributed by atoms with Gasteiger partial charge in [0, 0.05) is 23.7 Å². The van der Waals surface area contributed by atoms with Crippen LogP contribution < -0.4 is 4.72 Å². The Morgan fingerprint density at radius 3 is 2.70 bits per heavy atom. The monoisotopic (exact) mass is 322 g/mol. The van der Waals surface area contributed by atoms with Crippen molar-refractivity contribution in [3.05, 3.63) is 33.3 Å². The smallest absolute Gasteiger partial charge is 0.290 e. The van der Waals surface area contributed by atoms with E-state index in [1.807, 2.05) is 0 Å². The van der Waals surface area contributed by atoms with Gasteiger partial charge in [-0.2, -0.15) is 0 Å². The van der Waals surface area contributed by atoms with Crippen molar-refractivity contribution in [2.24, 2.45) is 0 Å². The second kappa shape index (κ2) is 6.98. The Hall–Kier alpha value is -1.22. The van der Waals surface area contributed by atoms with Gasteiger partial charge < -0.3 is 5.11 Å². The van der Waals surface area contributed by atoms with E-state index in [1.54, 1.807) is 6.92 Å². The van der Waals surface area contributed by atoms with Crippen LogP contribution in [-0.2, 0) is 10.0 Å². The predicted molar refractivity (Wildman–Crippen MR) is 74.2 cm³/mol. The molecule has 9 heteroatoms. The van der Waals surface area contributed by atoms with Gasteiger partial charge in [0.2, 0.25) is 10.0 Å². The molecule has 112 valence electrons. The molecule has 0 radical (unpaired) electrons. The van der Waals surface area contributed by atoms with Crippen molar-refractivity contribution in [1.82, 2.24) is 4.72 Å². The fraction of sp³-hybridized carbons (Fsp3) is 0.455. The number of hydrogen-bond acceptors (Lipinski definition) is 5. The van der Waals surface area contributed by atoms with Crippen molar-refractivity contribution in [2.75, 3.05) is 6.61 Å². The highest BCUT2D eigenvalue weighted by molar-refractivity contribution is 7.89. The van der Waals surface area contributed by atoms with Gasteiger partial charge in [-0.1, -0.05) is 11.6 Å². The third kappa shape index (κ3) is 4.41. The van der Waals surface area contributed by atoms with Gasteiger partial charge in [-0.05, 0) is 31.9 Å². The van der Waals surface area contributed by atoms with Crippen LogP contribution in [0.25, 0.3) is 0 Å². The maximum absolute atomic E-state index is 12.1. The summed E-state index contributed by atoms with van der Waals surface area (Å²) in [4.78, 5) is 9.68. The normalized spacial score (nSPS) is 13.2. The maximum atomic E-state index is 12.1. The standard InChI is InChI=1S/C11H15ClN2O5S/c1-8(3-2-6-15)13-20(18,19)11-5-4-9(12)7-10(11)14(16)17/h4-5,7-8,13,15H,2-3,6H2,1H3. The average molecular weight is 323 g/mol. The number of aliphatic hydroxyl groups excluding tert-OH is 1. The largest absolute Gasteiger partial charge is 0.396 e. The van der Waals surface area contributed by atoms with E-state index >= 15 is 0 Å². The summed E-state index contributed by atoms with van der Waals surface area (Å²) in [6.07, 6.45) is 0.865. The first-order chi connectivity index (χ1) is 9.27. The quantitative estimate of drug-likeness (QED) is 0.586. The minimum absolute atomic E-state index is 0.0485. The van der Waals surface area contributed by atoms with Gasteiger partial charge >= 0.3 is 0 Å². The SMILES string of the molecule is CC(CCCO)NS(=O)(=O)c1ccc(Cl)cc1[N+](=O)[O-]. The Balaban J connectivity index is 3.06. The Kier molecular flexibility index (Phi) is 5.88. The summed E-state index contributed by atoms with van der Waals surface area (Å²) < 4.78 is 26.6. The zero-order valence-electron chi connectivity index (χ0n) is 10.7. The number of nitro groups is 1. The van der Waals surface area contributed by atoms with Crippen molar-refractivity contribution in [3.63, 3.8) is 0 Å². The second-order valence-corrected chi connectivity index (χ2v) is 6.38. The van der Waals surface area contributed by atoms with Crippen LogP contribution >= 0.6 is 11.6 Å². The molecule has 0 aromatic heterocycles. The first-order valence-electron chi connectivity index (χ1n) is 5.85. The lowest BCUT2D eigenvalue weighted by Gasteiger charge is -2.13. The van der Waals surface area contributed by atoms with Gasteiger partial charge in [0.1, 0.15) is 0 Å². The highest BCUT2D eigenvalue weighted by Crippen LogP contribution is 2.27. The van der Waals surface area contributed by atoms with E-state index in [9.17, 15) is 18.5 Å². The van der Waals surface area contributed by atoms with E-state index in [0.29, 0.717) is 12.8 Å². The number of nitrogens with one attached hydrogen (secondary N) is 1. The molecule has 1 atom stereocenters. The van der Waals surface area contributed by atoms with Crippen LogP contribution in [0.15, 0.2) is 23.1 Å². The van der Waals surface area contributed by atoms with Crippen LogP contribution in [0.2, 0.25) is 5.02 Å². The summed E-state index contributed by atoms with van der Waals surface area (Å²) in [5.74, 6) is 0. The van der Waals surface area contributed by atoms with E-state index in [4.69, 9.17) is 16.7 Å². The maximum Gasteiger partial charge on any atom is 0.290 e. The van der Waals surface area contributed by atoms with Crippen LogP contribution in [0.3, 0.4) is 0 Å². The van der Waals surface area contributed by atoms with Crippen LogP contribution in [0.1, 0.15) is 19.8 Å². The highest BCUT2D eigenvalue weighted by atomic mass is 35.5. The number of rotatable bonds is 7. The molecule has 0 aliphatic heterocycles. The van der Waals surface area contributed by atoms with Gasteiger partial charge in [0.05, 0.1) is 4.92 Å². The third-order valence-electron chi connectivity index (χ3n) is 2.56. The highest BCUT2D eigenvalue weighted by Gasteiger charge is 2.27. The zero-order valence-corrected chi connectivity index (χ0v) is 12.3. The number of hydrogen-bond donors (Lipinski definition) is 2. The lowest BCUT2D eigenvalue weighted by atomic mass is 10.2. The number of benzene rings is 1. The zero-order chi connectivity index (χ0) is 15.3. The summed E-state index contributed by atoms with van der Waals surface area (Å²) in [7, 11) is -4.01. The third-order valence-corrected chi connectivity index (χ3v) is 4.43. The van der Waals surface area contributed by atoms with Gasteiger partial charge in [-0.15, -0.1) is 0 Å². The predicted octanol–water partition coefficient (Wildman–Crippen LogP) is 1.69. The molecule has 0 saturated carbocycles. The number of nitrogens with zero attached hydrogens (tertiary/aromatic N) is 1. The molecule has 0 heterocycles. The Labute approximate surface area is 121 Å². The number of halogens is 1. The van der Waals surface area contributed by atoms with Gasteiger partial charge in [0.25, 0.3) is 5.69 Å². The topological polar surface area (TPSA) is 110 Å². The molecule has 0 saturated heterocycles. The average Bonchev–Trinajstić information content (AvgIpc) is 2.35. The first kappa shape index (κ1) is 16.8. The molecule has 20 heavy (non-hydrogen) atoms. The fourth-order valence-corrected chi connectivity index (χ4v) is 3.24. The molecule has 2 N–H and O–H groups in total. The first-order valence-corrected chi connectivity index (χ1v) is 7.71. The molecule has 1 aromatic rings. The Morgan fingerprint density at radius 2 is 2.15 bits per heavy atom. The van der Waals surface area contributed by atoms with E-state index in [2.05, 4.69) is 4.72 Å². The van der Waals surface area contributed by atoms with E-state index in [0.717, 1.165) is 12.1 Å². The van der Waals surface area contributed by atoms with Crippen molar-refractivity contribution in [3.8, 4) is 0 Å². The molecule has 0 aliphatic carbocycles. The van der Waals surface area contributed by atoms with Crippen molar-refractivity contribution in [1.29, 1.82) is 0 Å². The van der Waals surface area contributed by atoms with Crippen LogP contribution in [0.5, 0.6) is 0 Å². The van der Waals surface area contributed by atoms with Crippen molar-refractivity contribution >= 4 is 27.3 Å². The lowest BCUT2D eigenvalue weighted by Crippen LogP contribution is -2.33. The molecule has 7 nitrogen and oxygen atoms in total. The minimum Gasteiger partial charge on any atom is -0.396 e. The molecule has 0 spiro atoms. The number of sulfonamides is 1. The summed E-state index contributed by atoms with van der Waals surface area (Å²) in [5, 5.41) is 19.7. The summed E-state index contributed by atoms with van der Waals surface area (Å²) >= 11 is 5.64. The molecule has 0 amide bonds. The summed E-state index contributed by atoms with van der Waals surface area (Å²) in [6, 6.07) is 2.93. The number of aliphatic hydroxyl groups is 1. The molecular formula is C11H15ClN2O5S. The summed E-state index contributed by atoms with van der Waals surface area (Å²) in [5.41, 5.74) is -0.570. The van der Waals surface area contributed by atoms with Crippen LogP contribution in [-0.4, -0.2) is 31.1 Å². The minimum atomic E-state index is -4.01. The van der Waals surface area contributed by atoms with E-state index in [1.165, 1.54) is 6.07 Å². The molecule has 0 aliphatic rings. The Morgan fingerprint density at radius 1 is 1.50 bits per heavy atom. The molecule has 1 aromatic carbocycles. The Bertz CT molecular complexity index is 590. The van der Waals surface area contributed by atoms with Gasteiger partial charge in [0.15, 0.2) is 4.90 Å². The van der Waals surface area contributed by atoms with Crippen molar-refractivity contribution in [2.45, 2.75) is 30.7 Å². The molecule has 0 bridgehead atoms. The van der Waals surface area contributed by atoms with Crippen LogP contribution in [0, 0.1) is 10.1 Å². The molecule has 1 rings (SSSR count). The molecular weight excluding hydrogens is 308 g/mol. The molecule has 1 unspecified atom stereocenters. The van der Waals surface area contributed by atoms with Crippen LogP contribution in [0.4, 0.5) is 5.69 Å². The molecule has 0 fully saturated rings. The lowest BCUT2D eigenvalue weighted by molar-refractivity contribution is -0.387. The summed E-state index contributed by atoms with van der Waals surface area (Å²) in [6.45, 7) is 1.57. The van der Waals surface area contributed by atoms with Gasteiger partial charge in [-0.25, -0.2) is 13.1 Å². The van der Waals surface area contributed by atoms with E-state index in [-0.39, 0.29) is 11.6 Å². The van der Waals surface area contributed by atoms with Crippen molar-refractivity contribution < 1.29 is 18.4 Å². The second-order valence-electron chi connectivity index (χ2n) is 4.26. The number of nitro benzene ring substituents is 1. The fourth-order valence-electron chi connectivity index (χ4n) is 1.65. The van der Waals surface area contributed by atoms with Gasteiger partial charge in [-0.3, -0.25) is 10.1 Å². The van der Waals surface area contributed by atoms with E-state index < -0.39 is 31.6 Å².